The number of amides is 4. The number of ketones is 1. The molecule has 0 aromatic carbocycles. The Hall–Kier alpha value is -2.16. The predicted molar refractivity (Wildman–Crippen MR) is 94.4 cm³/mol. The second kappa shape index (κ2) is 10.7. The van der Waals surface area contributed by atoms with E-state index in [0.29, 0.717) is 32.6 Å². The van der Waals surface area contributed by atoms with Gasteiger partial charge in [-0.25, -0.2) is 10.3 Å². The molecule has 1 heterocycles. The topological polar surface area (TPSA) is 119 Å². The molecule has 1 saturated heterocycles. The fourth-order valence-electron chi connectivity index (χ4n) is 2.81. The summed E-state index contributed by atoms with van der Waals surface area (Å²) in [6.07, 6.45) is 1.10. The van der Waals surface area contributed by atoms with Gasteiger partial charge >= 0.3 is 6.03 Å². The standard InChI is InChI=1S/C17H30N4O5/c1-4-12(3)16(13(22)5-2)18-17(25)21-10-8-20(9-11-21)15(24)7-6-14(23)19-26/h12,16,26H,4-11H2,1-3H3,(H,18,25)(H,19,23)/t12-,16-/m0/s1. The minimum Gasteiger partial charge on any atom is -0.339 e. The summed E-state index contributed by atoms with van der Waals surface area (Å²) >= 11 is 0. The predicted octanol–water partition coefficient (Wildman–Crippen LogP) is 0.520. The van der Waals surface area contributed by atoms with Gasteiger partial charge in [-0.05, 0) is 5.92 Å². The average Bonchev–Trinajstić information content (AvgIpc) is 2.68. The van der Waals surface area contributed by atoms with E-state index in [-0.39, 0.29) is 36.5 Å². The summed E-state index contributed by atoms with van der Waals surface area (Å²) in [6, 6.07) is -0.780. The van der Waals surface area contributed by atoms with Gasteiger partial charge in [-0.3, -0.25) is 19.6 Å². The lowest BCUT2D eigenvalue weighted by molar-refractivity contribution is -0.136. The molecule has 9 nitrogen and oxygen atoms in total. The molecule has 3 N–H and O–H groups in total. The minimum absolute atomic E-state index is 0.0136. The largest absolute Gasteiger partial charge is 0.339 e. The van der Waals surface area contributed by atoms with Gasteiger partial charge in [0, 0.05) is 45.4 Å². The highest BCUT2D eigenvalue weighted by Crippen LogP contribution is 2.12. The van der Waals surface area contributed by atoms with Crippen molar-refractivity contribution in [1.29, 1.82) is 0 Å². The van der Waals surface area contributed by atoms with Crippen molar-refractivity contribution in [3.05, 3.63) is 0 Å². The van der Waals surface area contributed by atoms with Crippen molar-refractivity contribution in [1.82, 2.24) is 20.6 Å². The van der Waals surface area contributed by atoms with Gasteiger partial charge in [0.1, 0.15) is 0 Å². The molecule has 2 atom stereocenters. The van der Waals surface area contributed by atoms with E-state index in [2.05, 4.69) is 5.32 Å². The van der Waals surface area contributed by atoms with Crippen LogP contribution in [0, 0.1) is 5.92 Å². The van der Waals surface area contributed by atoms with E-state index >= 15 is 0 Å². The minimum atomic E-state index is -0.604. The third-order valence-corrected chi connectivity index (χ3v) is 4.80. The van der Waals surface area contributed by atoms with E-state index in [1.165, 1.54) is 5.48 Å². The fourth-order valence-corrected chi connectivity index (χ4v) is 2.81. The van der Waals surface area contributed by atoms with E-state index in [4.69, 9.17) is 5.21 Å². The van der Waals surface area contributed by atoms with Crippen molar-refractivity contribution in [3.8, 4) is 0 Å². The Bertz CT molecular complexity index is 517. The highest BCUT2D eigenvalue weighted by molar-refractivity contribution is 5.88. The number of nitrogens with one attached hydrogen (secondary N) is 2. The maximum atomic E-state index is 12.5. The first-order valence-electron chi connectivity index (χ1n) is 9.12. The van der Waals surface area contributed by atoms with Crippen molar-refractivity contribution < 1.29 is 24.4 Å². The molecule has 0 radical (unpaired) electrons. The zero-order chi connectivity index (χ0) is 19.7. The Morgan fingerprint density at radius 1 is 1.00 bits per heavy atom. The van der Waals surface area contributed by atoms with Gasteiger partial charge in [-0.15, -0.1) is 0 Å². The lowest BCUT2D eigenvalue weighted by atomic mass is 9.94. The Labute approximate surface area is 154 Å². The van der Waals surface area contributed by atoms with Crippen molar-refractivity contribution >= 4 is 23.6 Å². The number of Topliss-reactive ketones (excluding diaryl/α,β-unsaturated/α-hetero) is 1. The molecule has 0 bridgehead atoms. The zero-order valence-corrected chi connectivity index (χ0v) is 15.8. The molecular formula is C17H30N4O5. The second-order valence-corrected chi connectivity index (χ2v) is 6.54. The van der Waals surface area contributed by atoms with Crippen molar-refractivity contribution in [2.75, 3.05) is 26.2 Å². The molecule has 1 rings (SSSR count). The lowest BCUT2D eigenvalue weighted by Gasteiger charge is -2.36. The van der Waals surface area contributed by atoms with Gasteiger partial charge in [0.15, 0.2) is 5.78 Å². The monoisotopic (exact) mass is 370 g/mol. The van der Waals surface area contributed by atoms with Gasteiger partial charge in [0.05, 0.1) is 6.04 Å². The van der Waals surface area contributed by atoms with Crippen molar-refractivity contribution in [2.24, 2.45) is 5.92 Å². The molecule has 1 aliphatic heterocycles. The van der Waals surface area contributed by atoms with Gasteiger partial charge in [-0.2, -0.15) is 0 Å². The first kappa shape index (κ1) is 21.9. The molecule has 1 fully saturated rings. The zero-order valence-electron chi connectivity index (χ0n) is 15.8. The van der Waals surface area contributed by atoms with Crippen LogP contribution in [-0.4, -0.2) is 70.9 Å². The van der Waals surface area contributed by atoms with Crippen LogP contribution in [0.2, 0.25) is 0 Å². The lowest BCUT2D eigenvalue weighted by Crippen LogP contribution is -2.56. The Kier molecular flexibility index (Phi) is 9.04. The molecule has 1 aliphatic rings. The molecule has 0 aliphatic carbocycles. The highest BCUT2D eigenvalue weighted by Gasteiger charge is 2.29. The summed E-state index contributed by atoms with van der Waals surface area (Å²) in [6.45, 7) is 7.21. The van der Waals surface area contributed by atoms with Crippen LogP contribution in [-0.2, 0) is 14.4 Å². The van der Waals surface area contributed by atoms with Gasteiger partial charge < -0.3 is 15.1 Å². The van der Waals surface area contributed by atoms with E-state index in [0.717, 1.165) is 6.42 Å². The van der Waals surface area contributed by atoms with E-state index in [1.54, 1.807) is 16.7 Å². The van der Waals surface area contributed by atoms with E-state index in [9.17, 15) is 19.2 Å². The van der Waals surface area contributed by atoms with Crippen molar-refractivity contribution in [3.63, 3.8) is 0 Å². The first-order valence-corrected chi connectivity index (χ1v) is 9.12. The molecule has 0 aromatic heterocycles. The number of urea groups is 1. The first-order chi connectivity index (χ1) is 12.3. The van der Waals surface area contributed by atoms with Crippen LogP contribution in [0.25, 0.3) is 0 Å². The summed E-state index contributed by atoms with van der Waals surface area (Å²) in [4.78, 5) is 50.8. The number of nitrogens with zero attached hydrogens (tertiary/aromatic N) is 2. The summed E-state index contributed by atoms with van der Waals surface area (Å²) < 4.78 is 0. The second-order valence-electron chi connectivity index (χ2n) is 6.54. The molecule has 4 amide bonds. The van der Waals surface area contributed by atoms with Crippen LogP contribution in [0.4, 0.5) is 4.79 Å². The third-order valence-electron chi connectivity index (χ3n) is 4.80. The van der Waals surface area contributed by atoms with E-state index in [1.807, 2.05) is 13.8 Å². The van der Waals surface area contributed by atoms with Crippen LogP contribution in [0.5, 0.6) is 0 Å². The molecule has 148 valence electrons. The molecular weight excluding hydrogens is 340 g/mol. The summed E-state index contributed by atoms with van der Waals surface area (Å²) in [7, 11) is 0. The highest BCUT2D eigenvalue weighted by atomic mass is 16.5. The number of rotatable bonds is 8. The number of piperazine rings is 1. The quantitative estimate of drug-likeness (QED) is 0.425. The molecule has 0 saturated carbocycles. The maximum absolute atomic E-state index is 12.5. The third kappa shape index (κ3) is 6.29. The van der Waals surface area contributed by atoms with E-state index < -0.39 is 11.9 Å². The molecule has 0 spiro atoms. The van der Waals surface area contributed by atoms with Gasteiger partial charge in [0.2, 0.25) is 11.8 Å². The summed E-state index contributed by atoms with van der Waals surface area (Å²) in [5.74, 6) is -0.712. The molecule has 0 unspecified atom stereocenters. The summed E-state index contributed by atoms with van der Waals surface area (Å²) in [5.41, 5.74) is 1.49. The summed E-state index contributed by atoms with van der Waals surface area (Å²) in [5, 5.41) is 11.3. The van der Waals surface area contributed by atoms with Crippen molar-refractivity contribution in [2.45, 2.75) is 52.5 Å². The fraction of sp³-hybridized carbons (Fsp3) is 0.765. The van der Waals surface area contributed by atoms with Crippen LogP contribution in [0.1, 0.15) is 46.5 Å². The Morgan fingerprint density at radius 2 is 1.58 bits per heavy atom. The average molecular weight is 370 g/mol. The smallest absolute Gasteiger partial charge is 0.318 e. The number of carbonyl (C=O) groups is 4. The molecule has 9 heteroatoms. The number of carbonyl (C=O) groups excluding carboxylic acids is 4. The van der Waals surface area contributed by atoms with Crippen LogP contribution in [0.15, 0.2) is 0 Å². The van der Waals surface area contributed by atoms with Gasteiger partial charge in [0.25, 0.3) is 0 Å². The molecule has 0 aromatic rings. The van der Waals surface area contributed by atoms with Crippen LogP contribution in [0.3, 0.4) is 0 Å². The number of hydrogen-bond acceptors (Lipinski definition) is 5. The normalized spacial score (nSPS) is 16.6. The van der Waals surface area contributed by atoms with Crippen LogP contribution < -0.4 is 10.8 Å². The molecule has 26 heavy (non-hydrogen) atoms. The Morgan fingerprint density at radius 3 is 2.08 bits per heavy atom. The van der Waals surface area contributed by atoms with Gasteiger partial charge in [-0.1, -0.05) is 27.2 Å². The number of hydroxylamine groups is 1. The number of hydrogen-bond donors (Lipinski definition) is 3. The SMILES string of the molecule is CCC(=O)[C@@H](NC(=O)N1CCN(C(=O)CCC(=O)NO)CC1)[C@@H](C)CC. The van der Waals surface area contributed by atoms with Crippen LogP contribution >= 0.6 is 0 Å². The maximum Gasteiger partial charge on any atom is 0.318 e. The Balaban J connectivity index is 2.50.